The number of carbonyl (C=O) groups excluding carboxylic acids is 2. The summed E-state index contributed by atoms with van der Waals surface area (Å²) in [6.45, 7) is 4.27. The van der Waals surface area contributed by atoms with Gasteiger partial charge in [-0.2, -0.15) is 0 Å². The molecule has 2 amide bonds. The third-order valence-corrected chi connectivity index (χ3v) is 6.11. The summed E-state index contributed by atoms with van der Waals surface area (Å²) < 4.78 is 7.81. The van der Waals surface area contributed by atoms with Crippen molar-refractivity contribution in [1.82, 2.24) is 25.0 Å². The first-order valence-corrected chi connectivity index (χ1v) is 10.7. The number of aromatic nitrogens is 3. The Morgan fingerprint density at radius 3 is 2.71 bits per heavy atom. The number of carbonyl (C=O) groups is 2. The van der Waals surface area contributed by atoms with Gasteiger partial charge in [0.05, 0.1) is 30.6 Å². The van der Waals surface area contributed by atoms with Crippen LogP contribution in [0.5, 0.6) is 0 Å². The van der Waals surface area contributed by atoms with Gasteiger partial charge in [0.25, 0.3) is 5.91 Å². The lowest BCUT2D eigenvalue weighted by molar-refractivity contribution is -0.132. The van der Waals surface area contributed by atoms with Gasteiger partial charge in [-0.05, 0) is 35.0 Å². The number of rotatable bonds is 6. The molecule has 1 aromatic carbocycles. The second kappa shape index (κ2) is 9.53. The van der Waals surface area contributed by atoms with Crippen molar-refractivity contribution in [3.8, 4) is 0 Å². The quantitative estimate of drug-likeness (QED) is 0.653. The van der Waals surface area contributed by atoms with Crippen LogP contribution in [0, 0.1) is 0 Å². The van der Waals surface area contributed by atoms with Crippen LogP contribution in [-0.2, 0) is 16.6 Å². The number of amides is 2. The van der Waals surface area contributed by atoms with Crippen molar-refractivity contribution in [1.29, 1.82) is 0 Å². The van der Waals surface area contributed by atoms with E-state index in [1.165, 1.54) is 11.8 Å². The number of nitrogens with one attached hydrogen (secondary N) is 1. The van der Waals surface area contributed by atoms with Gasteiger partial charge in [0.2, 0.25) is 5.91 Å². The average Bonchev–Trinajstić information content (AvgIpc) is 3.07. The molecule has 10 heteroatoms. The van der Waals surface area contributed by atoms with E-state index >= 15 is 0 Å². The highest BCUT2D eigenvalue weighted by Crippen LogP contribution is 2.21. The van der Waals surface area contributed by atoms with E-state index in [4.69, 9.17) is 4.74 Å². The number of ether oxygens (including phenoxy) is 1. The summed E-state index contributed by atoms with van der Waals surface area (Å²) in [5.41, 5.74) is 0.558. The Labute approximate surface area is 176 Å². The fourth-order valence-corrected chi connectivity index (χ4v) is 4.13. The Balaban J connectivity index is 1.59. The molecule has 1 aliphatic rings. The van der Waals surface area contributed by atoms with Crippen molar-refractivity contribution in [3.05, 3.63) is 40.1 Å². The molecule has 0 bridgehead atoms. The molecule has 2 heterocycles. The molecule has 0 spiro atoms. The number of thioether (sulfide) groups is 1. The lowest BCUT2D eigenvalue weighted by Gasteiger charge is -2.26. The summed E-state index contributed by atoms with van der Waals surface area (Å²) in [7, 11) is 1.83. The third kappa shape index (κ3) is 4.92. The highest BCUT2D eigenvalue weighted by Gasteiger charge is 2.21. The lowest BCUT2D eigenvalue weighted by atomic mass is 10.2. The first-order chi connectivity index (χ1) is 13.5. The second-order valence-electron chi connectivity index (χ2n) is 6.36. The van der Waals surface area contributed by atoms with Crippen LogP contribution in [0.1, 0.15) is 29.1 Å². The maximum atomic E-state index is 12.5. The molecule has 1 aromatic heterocycles. The van der Waals surface area contributed by atoms with Crippen LogP contribution in [0.4, 0.5) is 0 Å². The van der Waals surface area contributed by atoms with E-state index in [-0.39, 0.29) is 17.9 Å². The van der Waals surface area contributed by atoms with E-state index in [1.54, 1.807) is 11.0 Å². The summed E-state index contributed by atoms with van der Waals surface area (Å²) in [6, 6.07) is 6.91. The first-order valence-electron chi connectivity index (χ1n) is 8.90. The molecule has 150 valence electrons. The van der Waals surface area contributed by atoms with Gasteiger partial charge in [0, 0.05) is 24.6 Å². The Morgan fingerprint density at radius 2 is 2.00 bits per heavy atom. The molecule has 3 rings (SSSR count). The summed E-state index contributed by atoms with van der Waals surface area (Å²) >= 11 is 4.73. The maximum Gasteiger partial charge on any atom is 0.253 e. The van der Waals surface area contributed by atoms with Crippen LogP contribution < -0.4 is 5.32 Å². The van der Waals surface area contributed by atoms with Gasteiger partial charge in [-0.25, -0.2) is 0 Å². The van der Waals surface area contributed by atoms with E-state index < -0.39 is 0 Å². The molecule has 1 atom stereocenters. The monoisotopic (exact) mass is 467 g/mol. The molecule has 1 fully saturated rings. The molecule has 1 N–H and O–H groups in total. The van der Waals surface area contributed by atoms with Gasteiger partial charge in [0.15, 0.2) is 11.0 Å². The van der Waals surface area contributed by atoms with Crippen molar-refractivity contribution in [3.63, 3.8) is 0 Å². The minimum Gasteiger partial charge on any atom is -0.378 e. The predicted octanol–water partition coefficient (Wildman–Crippen LogP) is 2.02. The zero-order chi connectivity index (χ0) is 20.1. The number of morpholine rings is 1. The van der Waals surface area contributed by atoms with Gasteiger partial charge in [-0.15, -0.1) is 10.2 Å². The number of benzene rings is 1. The van der Waals surface area contributed by atoms with Crippen molar-refractivity contribution < 1.29 is 14.3 Å². The molecule has 1 saturated heterocycles. The minimum absolute atomic E-state index is 0.0631. The Kier molecular flexibility index (Phi) is 7.08. The topological polar surface area (TPSA) is 89.3 Å². The fourth-order valence-electron chi connectivity index (χ4n) is 2.84. The van der Waals surface area contributed by atoms with Gasteiger partial charge in [-0.3, -0.25) is 9.59 Å². The van der Waals surface area contributed by atoms with Crippen LogP contribution in [0.2, 0.25) is 0 Å². The number of hydrogen-bond acceptors (Lipinski definition) is 6. The van der Waals surface area contributed by atoms with Crippen molar-refractivity contribution in [2.75, 3.05) is 32.1 Å². The summed E-state index contributed by atoms with van der Waals surface area (Å²) in [6.07, 6.45) is 0. The molecule has 8 nitrogen and oxygen atoms in total. The summed E-state index contributed by atoms with van der Waals surface area (Å²) in [5.74, 6) is 0.790. The van der Waals surface area contributed by atoms with E-state index in [2.05, 4.69) is 31.4 Å². The Morgan fingerprint density at radius 1 is 1.29 bits per heavy atom. The number of nitrogens with zero attached hydrogens (tertiary/aromatic N) is 4. The van der Waals surface area contributed by atoms with Gasteiger partial charge in [-0.1, -0.05) is 23.9 Å². The highest BCUT2D eigenvalue weighted by molar-refractivity contribution is 9.10. The second-order valence-corrected chi connectivity index (χ2v) is 8.15. The highest BCUT2D eigenvalue weighted by atomic mass is 79.9. The van der Waals surface area contributed by atoms with Gasteiger partial charge >= 0.3 is 0 Å². The maximum absolute atomic E-state index is 12.5. The van der Waals surface area contributed by atoms with Crippen LogP contribution in [-0.4, -0.2) is 63.5 Å². The Bertz CT molecular complexity index is 853. The van der Waals surface area contributed by atoms with Crippen LogP contribution in [0.15, 0.2) is 33.9 Å². The predicted molar refractivity (Wildman–Crippen MR) is 109 cm³/mol. The minimum atomic E-state index is -0.332. The molecule has 0 aliphatic carbocycles. The van der Waals surface area contributed by atoms with Gasteiger partial charge in [0.1, 0.15) is 0 Å². The molecular weight excluding hydrogens is 446 g/mol. The average molecular weight is 468 g/mol. The van der Waals surface area contributed by atoms with Crippen LogP contribution >= 0.6 is 27.7 Å². The normalized spacial score (nSPS) is 15.3. The van der Waals surface area contributed by atoms with E-state index in [1.807, 2.05) is 36.7 Å². The van der Waals surface area contributed by atoms with E-state index in [0.29, 0.717) is 48.6 Å². The van der Waals surface area contributed by atoms with Crippen LogP contribution in [0.3, 0.4) is 0 Å². The molecule has 0 unspecified atom stereocenters. The largest absolute Gasteiger partial charge is 0.378 e. The van der Waals surface area contributed by atoms with E-state index in [0.717, 1.165) is 4.47 Å². The molecule has 1 aliphatic heterocycles. The zero-order valence-corrected chi connectivity index (χ0v) is 18.1. The van der Waals surface area contributed by atoms with Crippen molar-refractivity contribution in [2.45, 2.75) is 18.1 Å². The van der Waals surface area contributed by atoms with Gasteiger partial charge < -0.3 is 19.5 Å². The Hall–Kier alpha value is -1.91. The standard InChI is InChI=1S/C18H22BrN5O3S/c1-12(20-17(26)13-5-3-4-6-14(13)19)16-21-22-18(23(16)2)28-11-15(25)24-7-9-27-10-8-24/h3-6,12H,7-11H2,1-2H3,(H,20,26)/t12-/m1/s1. The van der Waals surface area contributed by atoms with E-state index in [9.17, 15) is 9.59 Å². The molecular formula is C18H22BrN5O3S. The molecule has 0 saturated carbocycles. The number of halogens is 1. The lowest BCUT2D eigenvalue weighted by Crippen LogP contribution is -2.41. The van der Waals surface area contributed by atoms with Crippen LogP contribution in [0.25, 0.3) is 0 Å². The van der Waals surface area contributed by atoms with Crippen molar-refractivity contribution in [2.24, 2.45) is 7.05 Å². The summed E-state index contributed by atoms with van der Waals surface area (Å²) in [5, 5.41) is 11.9. The zero-order valence-electron chi connectivity index (χ0n) is 15.7. The summed E-state index contributed by atoms with van der Waals surface area (Å²) in [4.78, 5) is 26.6. The van der Waals surface area contributed by atoms with Crippen molar-refractivity contribution >= 4 is 39.5 Å². The molecule has 2 aromatic rings. The molecule has 0 radical (unpaired) electrons. The fraction of sp³-hybridized carbons (Fsp3) is 0.444. The first kappa shape index (κ1) is 20.8. The third-order valence-electron chi connectivity index (χ3n) is 4.41. The molecule has 28 heavy (non-hydrogen) atoms. The number of hydrogen-bond donors (Lipinski definition) is 1. The SMILES string of the molecule is C[C@@H](NC(=O)c1ccccc1Br)c1nnc(SCC(=O)N2CCOCC2)n1C. The smallest absolute Gasteiger partial charge is 0.253 e.